The standard InChI is InChI=1S/C22H15NO5/c24-17-11-7-15(8-12-17)22(25)21-18-3-1-2-4-19(18)28-20(21)13-14-5-9-16(10-6-14)23(26)27/h1-12,24H,13H2. The molecule has 0 atom stereocenters. The van der Waals surface area contributed by atoms with E-state index in [1.807, 2.05) is 18.2 Å². The Balaban J connectivity index is 1.77. The molecule has 6 heteroatoms. The lowest BCUT2D eigenvalue weighted by atomic mass is 9.97. The Morgan fingerprint density at radius 1 is 0.964 bits per heavy atom. The molecule has 28 heavy (non-hydrogen) atoms. The van der Waals surface area contributed by atoms with Gasteiger partial charge in [0, 0.05) is 29.5 Å². The Morgan fingerprint density at radius 2 is 1.64 bits per heavy atom. The van der Waals surface area contributed by atoms with Gasteiger partial charge in [0.2, 0.25) is 0 Å². The van der Waals surface area contributed by atoms with E-state index in [2.05, 4.69) is 0 Å². The van der Waals surface area contributed by atoms with Crippen molar-refractivity contribution in [3.8, 4) is 5.75 Å². The van der Waals surface area contributed by atoms with Crippen LogP contribution >= 0.6 is 0 Å². The van der Waals surface area contributed by atoms with Crippen molar-refractivity contribution in [3.63, 3.8) is 0 Å². The molecule has 1 aromatic heterocycles. The fraction of sp³-hybridized carbons (Fsp3) is 0.0455. The van der Waals surface area contributed by atoms with E-state index in [-0.39, 0.29) is 17.2 Å². The zero-order chi connectivity index (χ0) is 19.7. The first-order valence-corrected chi connectivity index (χ1v) is 8.60. The second-order valence-corrected chi connectivity index (χ2v) is 6.37. The molecule has 0 bridgehead atoms. The van der Waals surface area contributed by atoms with Crippen LogP contribution in [-0.2, 0) is 6.42 Å². The van der Waals surface area contributed by atoms with Gasteiger partial charge in [-0.1, -0.05) is 30.3 Å². The quantitative estimate of drug-likeness (QED) is 0.306. The Kier molecular flexibility index (Phi) is 4.37. The number of carbonyl (C=O) groups is 1. The van der Waals surface area contributed by atoms with E-state index in [9.17, 15) is 20.0 Å². The third kappa shape index (κ3) is 3.23. The summed E-state index contributed by atoms with van der Waals surface area (Å²) in [6.45, 7) is 0. The van der Waals surface area contributed by atoms with Crippen LogP contribution in [0.4, 0.5) is 5.69 Å². The molecule has 138 valence electrons. The number of non-ortho nitro benzene ring substituents is 1. The lowest BCUT2D eigenvalue weighted by molar-refractivity contribution is -0.384. The average Bonchev–Trinajstić information content (AvgIpc) is 3.06. The van der Waals surface area contributed by atoms with Gasteiger partial charge in [0.05, 0.1) is 10.5 Å². The maximum Gasteiger partial charge on any atom is 0.269 e. The minimum Gasteiger partial charge on any atom is -0.508 e. The van der Waals surface area contributed by atoms with Gasteiger partial charge in [-0.2, -0.15) is 0 Å². The SMILES string of the molecule is O=C(c1ccc(O)cc1)c1c(Cc2ccc([N+](=O)[O-])cc2)oc2ccccc12. The number of phenols is 1. The third-order valence-corrected chi connectivity index (χ3v) is 4.54. The van der Waals surface area contributed by atoms with Crippen molar-refractivity contribution >= 4 is 22.4 Å². The molecule has 0 radical (unpaired) electrons. The summed E-state index contributed by atoms with van der Waals surface area (Å²) in [4.78, 5) is 23.5. The van der Waals surface area contributed by atoms with Crippen molar-refractivity contribution in [2.45, 2.75) is 6.42 Å². The van der Waals surface area contributed by atoms with E-state index >= 15 is 0 Å². The lowest BCUT2D eigenvalue weighted by Gasteiger charge is -2.04. The summed E-state index contributed by atoms with van der Waals surface area (Å²) in [5.41, 5.74) is 2.30. The highest BCUT2D eigenvalue weighted by molar-refractivity contribution is 6.16. The average molecular weight is 373 g/mol. The maximum absolute atomic E-state index is 13.2. The Hall–Kier alpha value is -3.93. The first kappa shape index (κ1) is 17.5. The molecular formula is C22H15NO5. The van der Waals surface area contributed by atoms with Crippen molar-refractivity contribution in [1.29, 1.82) is 0 Å². The van der Waals surface area contributed by atoms with Crippen LogP contribution in [-0.4, -0.2) is 15.8 Å². The molecular weight excluding hydrogens is 358 g/mol. The summed E-state index contributed by atoms with van der Waals surface area (Å²) in [6.07, 6.45) is 0.325. The van der Waals surface area contributed by atoms with E-state index in [0.717, 1.165) is 5.56 Å². The summed E-state index contributed by atoms with van der Waals surface area (Å²) >= 11 is 0. The molecule has 0 saturated carbocycles. The van der Waals surface area contributed by atoms with E-state index in [1.54, 1.807) is 30.3 Å². The number of nitro benzene ring substituents is 1. The van der Waals surface area contributed by atoms with Crippen LogP contribution in [0.3, 0.4) is 0 Å². The number of rotatable bonds is 5. The molecule has 0 amide bonds. The lowest BCUT2D eigenvalue weighted by Crippen LogP contribution is -2.04. The van der Waals surface area contributed by atoms with Crippen molar-refractivity contribution in [2.24, 2.45) is 0 Å². The second-order valence-electron chi connectivity index (χ2n) is 6.37. The molecule has 4 aromatic rings. The largest absolute Gasteiger partial charge is 0.508 e. The van der Waals surface area contributed by atoms with Gasteiger partial charge in [-0.3, -0.25) is 14.9 Å². The topological polar surface area (TPSA) is 93.6 Å². The molecule has 0 aliphatic heterocycles. The number of nitrogens with zero attached hydrogens (tertiary/aromatic N) is 1. The number of furan rings is 1. The molecule has 4 rings (SSSR count). The van der Waals surface area contributed by atoms with Crippen LogP contribution in [0.5, 0.6) is 5.75 Å². The number of carbonyl (C=O) groups excluding carboxylic acids is 1. The second kappa shape index (κ2) is 7.00. The maximum atomic E-state index is 13.2. The van der Waals surface area contributed by atoms with Crippen LogP contribution in [0, 0.1) is 10.1 Å². The van der Waals surface area contributed by atoms with Gasteiger partial charge in [0.15, 0.2) is 5.78 Å². The van der Waals surface area contributed by atoms with Gasteiger partial charge in [-0.15, -0.1) is 0 Å². The summed E-state index contributed by atoms with van der Waals surface area (Å²) in [5.74, 6) is 0.370. The highest BCUT2D eigenvalue weighted by Gasteiger charge is 2.22. The van der Waals surface area contributed by atoms with Crippen molar-refractivity contribution in [1.82, 2.24) is 0 Å². The Morgan fingerprint density at radius 3 is 2.32 bits per heavy atom. The summed E-state index contributed by atoms with van der Waals surface area (Å²) < 4.78 is 5.94. The zero-order valence-electron chi connectivity index (χ0n) is 14.7. The highest BCUT2D eigenvalue weighted by atomic mass is 16.6. The molecule has 0 unspecified atom stereocenters. The van der Waals surface area contributed by atoms with E-state index in [4.69, 9.17) is 4.42 Å². The number of hydrogen-bond donors (Lipinski definition) is 1. The smallest absolute Gasteiger partial charge is 0.269 e. The van der Waals surface area contributed by atoms with Crippen molar-refractivity contribution in [3.05, 3.63) is 105 Å². The van der Waals surface area contributed by atoms with Crippen LogP contribution in [0.1, 0.15) is 27.2 Å². The van der Waals surface area contributed by atoms with Gasteiger partial charge >= 0.3 is 0 Å². The monoisotopic (exact) mass is 373 g/mol. The molecule has 1 heterocycles. The van der Waals surface area contributed by atoms with Gasteiger partial charge in [-0.25, -0.2) is 0 Å². The molecule has 0 saturated heterocycles. The van der Waals surface area contributed by atoms with Gasteiger partial charge < -0.3 is 9.52 Å². The Labute approximate surface area is 159 Å². The molecule has 0 fully saturated rings. The predicted octanol–water partition coefficient (Wildman–Crippen LogP) is 4.87. The number of hydrogen-bond acceptors (Lipinski definition) is 5. The van der Waals surface area contributed by atoms with E-state index in [0.29, 0.717) is 34.3 Å². The molecule has 3 aromatic carbocycles. The van der Waals surface area contributed by atoms with Crippen LogP contribution in [0.15, 0.2) is 77.2 Å². The zero-order valence-corrected chi connectivity index (χ0v) is 14.7. The normalized spacial score (nSPS) is 10.9. The first-order valence-electron chi connectivity index (χ1n) is 8.60. The number of benzene rings is 3. The van der Waals surface area contributed by atoms with Crippen molar-refractivity contribution < 1.29 is 19.2 Å². The number of ketones is 1. The molecule has 0 spiro atoms. The number of nitro groups is 1. The fourth-order valence-corrected chi connectivity index (χ4v) is 3.15. The highest BCUT2D eigenvalue weighted by Crippen LogP contribution is 2.30. The van der Waals surface area contributed by atoms with Crippen LogP contribution < -0.4 is 0 Å². The van der Waals surface area contributed by atoms with E-state index in [1.165, 1.54) is 24.3 Å². The summed E-state index contributed by atoms with van der Waals surface area (Å²) in [5, 5.41) is 21.0. The fourth-order valence-electron chi connectivity index (χ4n) is 3.15. The molecule has 6 nitrogen and oxygen atoms in total. The molecule has 0 aliphatic carbocycles. The van der Waals surface area contributed by atoms with E-state index < -0.39 is 4.92 Å². The minimum absolute atomic E-state index is 0.00810. The molecule has 1 N–H and O–H groups in total. The predicted molar refractivity (Wildman–Crippen MR) is 104 cm³/mol. The van der Waals surface area contributed by atoms with Crippen molar-refractivity contribution in [2.75, 3.05) is 0 Å². The number of phenolic OH excluding ortho intramolecular Hbond substituents is 1. The number of para-hydroxylation sites is 1. The third-order valence-electron chi connectivity index (χ3n) is 4.54. The van der Waals surface area contributed by atoms with Gasteiger partial charge in [0.25, 0.3) is 5.69 Å². The minimum atomic E-state index is -0.454. The number of fused-ring (bicyclic) bond motifs is 1. The Bertz CT molecular complexity index is 1170. The molecule has 0 aliphatic rings. The summed E-state index contributed by atoms with van der Waals surface area (Å²) in [7, 11) is 0. The van der Waals surface area contributed by atoms with Crippen LogP contribution in [0.25, 0.3) is 11.0 Å². The van der Waals surface area contributed by atoms with Crippen LogP contribution in [0.2, 0.25) is 0 Å². The first-order chi connectivity index (χ1) is 13.5. The number of aromatic hydroxyl groups is 1. The van der Waals surface area contributed by atoms with Gasteiger partial charge in [0.1, 0.15) is 17.1 Å². The summed E-state index contributed by atoms with van der Waals surface area (Å²) in [6, 6.07) is 19.5. The van der Waals surface area contributed by atoms with Gasteiger partial charge in [-0.05, 0) is 35.9 Å².